The standard InChI is InChI=1S/C18H24O4/c1-18(2,3)14-9-15(22-17(20)10-14)11-16(19)21-12-13-7-5-4-6-8-13/h4-8,14-15H,9-12H2,1-3H3. The number of esters is 2. The molecule has 120 valence electrons. The molecule has 2 rings (SSSR count). The number of carbonyl (C=O) groups is 2. The highest BCUT2D eigenvalue weighted by molar-refractivity contribution is 5.73. The summed E-state index contributed by atoms with van der Waals surface area (Å²) in [5.74, 6) is -0.302. The van der Waals surface area contributed by atoms with Crippen LogP contribution in [0.4, 0.5) is 0 Å². The largest absolute Gasteiger partial charge is 0.462 e. The lowest BCUT2D eigenvalue weighted by atomic mass is 9.74. The maximum atomic E-state index is 11.9. The van der Waals surface area contributed by atoms with Gasteiger partial charge in [0.1, 0.15) is 12.7 Å². The molecule has 1 fully saturated rings. The maximum Gasteiger partial charge on any atom is 0.309 e. The summed E-state index contributed by atoms with van der Waals surface area (Å²) in [5, 5.41) is 0. The summed E-state index contributed by atoms with van der Waals surface area (Å²) < 4.78 is 10.6. The second-order valence-electron chi connectivity index (χ2n) is 6.97. The van der Waals surface area contributed by atoms with Gasteiger partial charge in [0.25, 0.3) is 0 Å². The van der Waals surface area contributed by atoms with E-state index in [9.17, 15) is 9.59 Å². The molecule has 0 amide bonds. The van der Waals surface area contributed by atoms with Gasteiger partial charge in [0.15, 0.2) is 0 Å². The van der Waals surface area contributed by atoms with Gasteiger partial charge in [0.05, 0.1) is 6.42 Å². The molecule has 1 aromatic carbocycles. The zero-order chi connectivity index (χ0) is 16.2. The highest BCUT2D eigenvalue weighted by Crippen LogP contribution is 2.37. The van der Waals surface area contributed by atoms with Crippen LogP contribution >= 0.6 is 0 Å². The Morgan fingerprint density at radius 3 is 2.59 bits per heavy atom. The van der Waals surface area contributed by atoms with Crippen LogP contribution in [0.1, 0.15) is 45.6 Å². The van der Waals surface area contributed by atoms with Crippen molar-refractivity contribution in [1.82, 2.24) is 0 Å². The number of rotatable bonds is 4. The smallest absolute Gasteiger partial charge is 0.309 e. The van der Waals surface area contributed by atoms with Crippen molar-refractivity contribution < 1.29 is 19.1 Å². The van der Waals surface area contributed by atoms with Gasteiger partial charge >= 0.3 is 11.9 Å². The van der Waals surface area contributed by atoms with Crippen LogP contribution in [-0.2, 0) is 25.7 Å². The fourth-order valence-electron chi connectivity index (χ4n) is 2.65. The van der Waals surface area contributed by atoms with Crippen molar-refractivity contribution in [3.05, 3.63) is 35.9 Å². The molecule has 0 aromatic heterocycles. The van der Waals surface area contributed by atoms with Crippen molar-refractivity contribution in [3.8, 4) is 0 Å². The number of hydrogen-bond acceptors (Lipinski definition) is 4. The Bertz CT molecular complexity index is 516. The van der Waals surface area contributed by atoms with Crippen LogP contribution in [0.25, 0.3) is 0 Å². The van der Waals surface area contributed by atoms with E-state index in [4.69, 9.17) is 9.47 Å². The quantitative estimate of drug-likeness (QED) is 0.799. The van der Waals surface area contributed by atoms with Gasteiger partial charge in [-0.25, -0.2) is 0 Å². The first-order valence-corrected chi connectivity index (χ1v) is 7.73. The highest BCUT2D eigenvalue weighted by atomic mass is 16.6. The molecule has 1 aliphatic heterocycles. The summed E-state index contributed by atoms with van der Waals surface area (Å²) in [5.41, 5.74) is 0.982. The van der Waals surface area contributed by atoms with Gasteiger partial charge in [-0.2, -0.15) is 0 Å². The molecule has 0 N–H and O–H groups in total. The Hall–Kier alpha value is -1.84. The molecule has 0 spiro atoms. The van der Waals surface area contributed by atoms with E-state index in [0.29, 0.717) is 6.42 Å². The number of cyclic esters (lactones) is 1. The van der Waals surface area contributed by atoms with E-state index in [1.165, 1.54) is 0 Å². The zero-order valence-corrected chi connectivity index (χ0v) is 13.5. The van der Waals surface area contributed by atoms with Gasteiger partial charge in [0, 0.05) is 6.42 Å². The van der Waals surface area contributed by atoms with E-state index >= 15 is 0 Å². The molecular formula is C18H24O4. The van der Waals surface area contributed by atoms with Gasteiger partial charge < -0.3 is 9.47 Å². The van der Waals surface area contributed by atoms with E-state index in [1.54, 1.807) is 0 Å². The molecule has 2 unspecified atom stereocenters. The Labute approximate surface area is 131 Å². The van der Waals surface area contributed by atoms with Crippen molar-refractivity contribution in [3.63, 3.8) is 0 Å². The van der Waals surface area contributed by atoms with Crippen molar-refractivity contribution in [1.29, 1.82) is 0 Å². The molecule has 1 aromatic rings. The summed E-state index contributed by atoms with van der Waals surface area (Å²) in [6.45, 7) is 6.59. The lowest BCUT2D eigenvalue weighted by Crippen LogP contribution is -2.37. The van der Waals surface area contributed by atoms with Crippen LogP contribution in [0.5, 0.6) is 0 Å². The summed E-state index contributed by atoms with van der Waals surface area (Å²) in [6.07, 6.45) is 0.911. The minimum atomic E-state index is -0.367. The van der Waals surface area contributed by atoms with Crippen molar-refractivity contribution in [2.24, 2.45) is 11.3 Å². The molecular weight excluding hydrogens is 280 g/mol. The third-order valence-corrected chi connectivity index (χ3v) is 4.12. The molecule has 4 nitrogen and oxygen atoms in total. The number of hydrogen-bond donors (Lipinski definition) is 0. The zero-order valence-electron chi connectivity index (χ0n) is 13.5. The molecule has 0 saturated carbocycles. The molecule has 1 aliphatic rings. The molecule has 0 bridgehead atoms. The van der Waals surface area contributed by atoms with Gasteiger partial charge in [0.2, 0.25) is 0 Å². The SMILES string of the molecule is CC(C)(C)C1CC(=O)OC(CC(=O)OCc2ccccc2)C1. The van der Waals surface area contributed by atoms with Gasteiger partial charge in [-0.1, -0.05) is 51.1 Å². The van der Waals surface area contributed by atoms with E-state index in [1.807, 2.05) is 30.3 Å². The first-order chi connectivity index (χ1) is 10.3. The molecule has 4 heteroatoms. The van der Waals surface area contributed by atoms with Crippen LogP contribution < -0.4 is 0 Å². The normalized spacial score (nSPS) is 22.0. The van der Waals surface area contributed by atoms with E-state index in [0.717, 1.165) is 12.0 Å². The second kappa shape index (κ2) is 6.95. The number of benzene rings is 1. The van der Waals surface area contributed by atoms with Gasteiger partial charge in [-0.15, -0.1) is 0 Å². The molecule has 1 saturated heterocycles. The Morgan fingerprint density at radius 2 is 1.95 bits per heavy atom. The van der Waals surface area contributed by atoms with E-state index < -0.39 is 0 Å². The van der Waals surface area contributed by atoms with Gasteiger partial charge in [-0.05, 0) is 23.3 Å². The third kappa shape index (κ3) is 4.86. The molecule has 2 atom stereocenters. The Morgan fingerprint density at radius 1 is 1.27 bits per heavy atom. The summed E-state index contributed by atoms with van der Waals surface area (Å²) in [6, 6.07) is 9.53. The van der Waals surface area contributed by atoms with Crippen molar-refractivity contribution in [2.75, 3.05) is 0 Å². The maximum absolute atomic E-state index is 11.9. The first kappa shape index (κ1) is 16.5. The average Bonchev–Trinajstić information content (AvgIpc) is 2.45. The van der Waals surface area contributed by atoms with Crippen molar-refractivity contribution in [2.45, 2.75) is 52.7 Å². The summed E-state index contributed by atoms with van der Waals surface area (Å²) in [4.78, 5) is 23.7. The summed E-state index contributed by atoms with van der Waals surface area (Å²) in [7, 11) is 0. The average molecular weight is 304 g/mol. The first-order valence-electron chi connectivity index (χ1n) is 7.73. The Balaban J connectivity index is 1.84. The minimum absolute atomic E-state index is 0.0334. The second-order valence-corrected chi connectivity index (χ2v) is 6.97. The van der Waals surface area contributed by atoms with E-state index in [2.05, 4.69) is 20.8 Å². The molecule has 0 aliphatic carbocycles. The van der Waals surface area contributed by atoms with Gasteiger partial charge in [-0.3, -0.25) is 9.59 Å². The predicted molar refractivity (Wildman–Crippen MR) is 82.9 cm³/mol. The van der Waals surface area contributed by atoms with Crippen LogP contribution in [0.15, 0.2) is 30.3 Å². The number of carbonyl (C=O) groups excluding carboxylic acids is 2. The highest BCUT2D eigenvalue weighted by Gasteiger charge is 2.36. The third-order valence-electron chi connectivity index (χ3n) is 4.12. The predicted octanol–water partition coefficient (Wildman–Crippen LogP) is 3.49. The minimum Gasteiger partial charge on any atom is -0.462 e. The topological polar surface area (TPSA) is 52.6 Å². The van der Waals surface area contributed by atoms with Crippen LogP contribution in [-0.4, -0.2) is 18.0 Å². The molecule has 22 heavy (non-hydrogen) atoms. The van der Waals surface area contributed by atoms with Crippen LogP contribution in [0.3, 0.4) is 0 Å². The van der Waals surface area contributed by atoms with Crippen LogP contribution in [0.2, 0.25) is 0 Å². The lowest BCUT2D eigenvalue weighted by Gasteiger charge is -2.36. The monoisotopic (exact) mass is 304 g/mol. The van der Waals surface area contributed by atoms with Crippen molar-refractivity contribution >= 4 is 11.9 Å². The Kier molecular flexibility index (Phi) is 5.22. The lowest BCUT2D eigenvalue weighted by molar-refractivity contribution is -0.164. The van der Waals surface area contributed by atoms with E-state index in [-0.39, 0.29) is 42.4 Å². The number of ether oxygens (including phenoxy) is 2. The molecule has 0 radical (unpaired) electrons. The molecule has 1 heterocycles. The fourth-order valence-corrected chi connectivity index (χ4v) is 2.65. The summed E-state index contributed by atoms with van der Waals surface area (Å²) >= 11 is 0. The van der Waals surface area contributed by atoms with Crippen LogP contribution in [0, 0.1) is 11.3 Å². The fraction of sp³-hybridized carbons (Fsp3) is 0.556.